The molecule has 2 nitrogen and oxygen atoms in total. The van der Waals surface area contributed by atoms with E-state index in [0.717, 1.165) is 28.0 Å². The van der Waals surface area contributed by atoms with Crippen LogP contribution in [0, 0.1) is 0 Å². The Kier molecular flexibility index (Phi) is 3.30. The summed E-state index contributed by atoms with van der Waals surface area (Å²) in [6.07, 6.45) is 0. The van der Waals surface area contributed by atoms with Crippen molar-refractivity contribution in [1.82, 2.24) is 9.97 Å². The highest BCUT2D eigenvalue weighted by atomic mass is 14.9. The molecule has 0 fully saturated rings. The molecule has 2 heteroatoms. The Morgan fingerprint density at radius 1 is 0.696 bits per heavy atom. The van der Waals surface area contributed by atoms with E-state index in [2.05, 4.69) is 62.4 Å². The summed E-state index contributed by atoms with van der Waals surface area (Å²) in [7, 11) is 0. The van der Waals surface area contributed by atoms with Crippen LogP contribution in [0.3, 0.4) is 0 Å². The van der Waals surface area contributed by atoms with Crippen molar-refractivity contribution in [2.75, 3.05) is 0 Å². The fourth-order valence-corrected chi connectivity index (χ4v) is 3.04. The molecule has 0 aliphatic carbocycles. The van der Waals surface area contributed by atoms with Crippen LogP contribution in [-0.2, 0) is 0 Å². The van der Waals surface area contributed by atoms with Crippen LogP contribution in [0.2, 0.25) is 0 Å². The molecule has 0 atom stereocenters. The van der Waals surface area contributed by atoms with Gasteiger partial charge in [0.25, 0.3) is 0 Å². The predicted molar refractivity (Wildman–Crippen MR) is 96.6 cm³/mol. The van der Waals surface area contributed by atoms with Gasteiger partial charge in [-0.2, -0.15) is 0 Å². The largest absolute Gasteiger partial charge is 0.232 e. The van der Waals surface area contributed by atoms with Crippen molar-refractivity contribution in [3.8, 4) is 11.4 Å². The van der Waals surface area contributed by atoms with Gasteiger partial charge in [0.15, 0.2) is 5.82 Å². The fourth-order valence-electron chi connectivity index (χ4n) is 3.04. The topological polar surface area (TPSA) is 25.8 Å². The minimum Gasteiger partial charge on any atom is -0.232 e. The first-order valence-corrected chi connectivity index (χ1v) is 7.99. The third kappa shape index (κ3) is 2.36. The van der Waals surface area contributed by atoms with Gasteiger partial charge in [-0.25, -0.2) is 9.97 Å². The number of benzene rings is 3. The van der Waals surface area contributed by atoms with Crippen molar-refractivity contribution < 1.29 is 0 Å². The van der Waals surface area contributed by atoms with Gasteiger partial charge < -0.3 is 0 Å². The van der Waals surface area contributed by atoms with E-state index < -0.39 is 0 Å². The third-order valence-corrected chi connectivity index (χ3v) is 4.20. The first-order valence-electron chi connectivity index (χ1n) is 7.99. The lowest BCUT2D eigenvalue weighted by Gasteiger charge is -2.13. The van der Waals surface area contributed by atoms with E-state index >= 15 is 0 Å². The van der Waals surface area contributed by atoms with E-state index in [0.29, 0.717) is 5.92 Å². The summed E-state index contributed by atoms with van der Waals surface area (Å²) >= 11 is 0. The highest BCUT2D eigenvalue weighted by Gasteiger charge is 2.13. The quantitative estimate of drug-likeness (QED) is 0.452. The maximum Gasteiger partial charge on any atom is 0.160 e. The van der Waals surface area contributed by atoms with Crippen molar-refractivity contribution in [1.29, 1.82) is 0 Å². The summed E-state index contributed by atoms with van der Waals surface area (Å²) in [4.78, 5) is 9.77. The van der Waals surface area contributed by atoms with Gasteiger partial charge in [0.2, 0.25) is 0 Å². The summed E-state index contributed by atoms with van der Waals surface area (Å²) in [6, 6.07) is 22.9. The average Bonchev–Trinajstić information content (AvgIpc) is 2.61. The molecule has 23 heavy (non-hydrogen) atoms. The molecule has 3 aromatic carbocycles. The molecule has 0 N–H and O–H groups in total. The lowest BCUT2D eigenvalue weighted by molar-refractivity contribution is 0.831. The molecule has 0 amide bonds. The first-order chi connectivity index (χ1) is 11.2. The SMILES string of the molecule is CC(C)c1nc(-c2ccccc2)nc2c1ccc1ccccc12. The third-order valence-electron chi connectivity index (χ3n) is 4.20. The second-order valence-corrected chi connectivity index (χ2v) is 6.14. The second-order valence-electron chi connectivity index (χ2n) is 6.14. The van der Waals surface area contributed by atoms with Crippen molar-refractivity contribution in [3.05, 3.63) is 72.4 Å². The monoisotopic (exact) mass is 298 g/mol. The number of fused-ring (bicyclic) bond motifs is 3. The zero-order valence-electron chi connectivity index (χ0n) is 13.3. The molecule has 4 aromatic rings. The van der Waals surface area contributed by atoms with E-state index in [1.54, 1.807) is 0 Å². The number of aromatic nitrogens is 2. The van der Waals surface area contributed by atoms with Gasteiger partial charge in [-0.15, -0.1) is 0 Å². The molecule has 4 rings (SSSR count). The lowest BCUT2D eigenvalue weighted by Crippen LogP contribution is -2.00. The van der Waals surface area contributed by atoms with Gasteiger partial charge in [-0.3, -0.25) is 0 Å². The zero-order valence-corrected chi connectivity index (χ0v) is 13.3. The van der Waals surface area contributed by atoms with Crippen molar-refractivity contribution in [3.63, 3.8) is 0 Å². The fraction of sp³-hybridized carbons (Fsp3) is 0.143. The predicted octanol–water partition coefficient (Wildman–Crippen LogP) is 5.57. The van der Waals surface area contributed by atoms with Crippen LogP contribution >= 0.6 is 0 Å². The van der Waals surface area contributed by atoms with E-state index in [1.165, 1.54) is 10.8 Å². The van der Waals surface area contributed by atoms with Crippen LogP contribution in [0.5, 0.6) is 0 Å². The number of nitrogens with zero attached hydrogens (tertiary/aromatic N) is 2. The minimum absolute atomic E-state index is 0.351. The maximum atomic E-state index is 4.91. The molecule has 0 saturated heterocycles. The summed E-state index contributed by atoms with van der Waals surface area (Å²) in [6.45, 7) is 4.37. The Labute approximate surface area is 135 Å². The van der Waals surface area contributed by atoms with Crippen molar-refractivity contribution in [2.45, 2.75) is 19.8 Å². The van der Waals surface area contributed by atoms with Crippen LogP contribution in [0.15, 0.2) is 66.7 Å². The minimum atomic E-state index is 0.351. The van der Waals surface area contributed by atoms with Crippen LogP contribution in [0.25, 0.3) is 33.1 Å². The summed E-state index contributed by atoms with van der Waals surface area (Å²) in [5.74, 6) is 1.15. The summed E-state index contributed by atoms with van der Waals surface area (Å²) in [5, 5.41) is 3.55. The number of hydrogen-bond acceptors (Lipinski definition) is 2. The van der Waals surface area contributed by atoms with Crippen LogP contribution < -0.4 is 0 Å². The van der Waals surface area contributed by atoms with E-state index in [9.17, 15) is 0 Å². The molecule has 1 heterocycles. The van der Waals surface area contributed by atoms with Gasteiger partial charge in [-0.1, -0.05) is 80.6 Å². The van der Waals surface area contributed by atoms with E-state index in [-0.39, 0.29) is 0 Å². The molecule has 0 bridgehead atoms. The van der Waals surface area contributed by atoms with E-state index in [1.807, 2.05) is 18.2 Å². The first kappa shape index (κ1) is 13.9. The van der Waals surface area contributed by atoms with Gasteiger partial charge in [-0.05, 0) is 11.3 Å². The smallest absolute Gasteiger partial charge is 0.160 e. The average molecular weight is 298 g/mol. The molecule has 0 saturated carbocycles. The van der Waals surface area contributed by atoms with Crippen LogP contribution in [-0.4, -0.2) is 9.97 Å². The Morgan fingerprint density at radius 2 is 1.43 bits per heavy atom. The lowest BCUT2D eigenvalue weighted by atomic mass is 10.00. The Bertz CT molecular complexity index is 988. The number of rotatable bonds is 2. The van der Waals surface area contributed by atoms with Crippen LogP contribution in [0.1, 0.15) is 25.5 Å². The highest BCUT2D eigenvalue weighted by molar-refractivity contribution is 6.06. The highest BCUT2D eigenvalue weighted by Crippen LogP contribution is 2.31. The molecule has 0 aliphatic rings. The molecule has 0 spiro atoms. The van der Waals surface area contributed by atoms with E-state index in [4.69, 9.17) is 9.97 Å². The number of hydrogen-bond donors (Lipinski definition) is 0. The molecule has 0 unspecified atom stereocenters. The normalized spacial score (nSPS) is 11.4. The standard InChI is InChI=1S/C21H18N2/c1-14(2)19-18-13-12-15-8-6-7-11-17(15)20(18)23-21(22-19)16-9-4-3-5-10-16/h3-14H,1-2H3. The second kappa shape index (κ2) is 5.47. The Hall–Kier alpha value is -2.74. The van der Waals surface area contributed by atoms with Gasteiger partial charge in [0.05, 0.1) is 11.2 Å². The summed E-state index contributed by atoms with van der Waals surface area (Å²) < 4.78 is 0. The molecule has 1 aromatic heterocycles. The molecular formula is C21H18N2. The maximum absolute atomic E-state index is 4.91. The van der Waals surface area contributed by atoms with Gasteiger partial charge >= 0.3 is 0 Å². The van der Waals surface area contributed by atoms with Gasteiger partial charge in [0.1, 0.15) is 0 Å². The molecule has 0 aliphatic heterocycles. The Morgan fingerprint density at radius 3 is 2.22 bits per heavy atom. The van der Waals surface area contributed by atoms with Crippen molar-refractivity contribution >= 4 is 21.7 Å². The zero-order chi connectivity index (χ0) is 15.8. The molecule has 0 radical (unpaired) electrons. The van der Waals surface area contributed by atoms with Gasteiger partial charge in [0, 0.05) is 16.3 Å². The van der Waals surface area contributed by atoms with Crippen molar-refractivity contribution in [2.24, 2.45) is 0 Å². The Balaban J connectivity index is 2.12. The summed E-state index contributed by atoms with van der Waals surface area (Å²) in [5.41, 5.74) is 3.21. The van der Waals surface area contributed by atoms with Crippen LogP contribution in [0.4, 0.5) is 0 Å². The molecule has 112 valence electrons. The molecular weight excluding hydrogens is 280 g/mol.